The molecule has 138 valence electrons. The lowest BCUT2D eigenvalue weighted by Crippen LogP contribution is -2.42. The Morgan fingerprint density at radius 1 is 1.16 bits per heavy atom. The highest BCUT2D eigenvalue weighted by Crippen LogP contribution is 2.29. The minimum atomic E-state index is -0.344. The van der Waals surface area contributed by atoms with Gasteiger partial charge in [0.25, 0.3) is 5.89 Å². The van der Waals surface area contributed by atoms with Gasteiger partial charge in [0.05, 0.1) is 6.54 Å². The molecule has 2 amide bonds. The second-order valence-electron chi connectivity index (χ2n) is 7.11. The molecule has 0 spiro atoms. The lowest BCUT2D eigenvalue weighted by molar-refractivity contribution is -0.139. The Kier molecular flexibility index (Phi) is 5.71. The molecule has 25 heavy (non-hydrogen) atoms. The Morgan fingerprint density at radius 2 is 1.92 bits per heavy atom. The van der Waals surface area contributed by atoms with Gasteiger partial charge in [0.15, 0.2) is 5.82 Å². The van der Waals surface area contributed by atoms with E-state index in [1.807, 2.05) is 11.8 Å². The molecule has 1 aliphatic heterocycles. The Hall–Kier alpha value is -1.92. The van der Waals surface area contributed by atoms with E-state index in [9.17, 15) is 9.59 Å². The summed E-state index contributed by atoms with van der Waals surface area (Å²) in [6, 6.07) is -0.344. The number of hydrogen-bond acceptors (Lipinski definition) is 5. The lowest BCUT2D eigenvalue weighted by Gasteiger charge is -2.31. The van der Waals surface area contributed by atoms with Gasteiger partial charge in [0, 0.05) is 25.4 Å². The van der Waals surface area contributed by atoms with Crippen LogP contribution in [0.25, 0.3) is 0 Å². The van der Waals surface area contributed by atoms with Crippen LogP contribution in [-0.2, 0) is 9.59 Å². The third kappa shape index (κ3) is 4.02. The Labute approximate surface area is 148 Å². The monoisotopic (exact) mass is 348 g/mol. The molecule has 2 heterocycles. The Balaban J connectivity index is 1.81. The quantitative estimate of drug-likeness (QED) is 0.838. The molecule has 1 saturated carbocycles. The number of amides is 2. The summed E-state index contributed by atoms with van der Waals surface area (Å²) in [7, 11) is 0. The molecule has 1 atom stereocenters. The molecule has 0 aromatic carbocycles. The van der Waals surface area contributed by atoms with Crippen molar-refractivity contribution in [2.24, 2.45) is 5.92 Å². The van der Waals surface area contributed by atoms with Crippen LogP contribution in [0.1, 0.15) is 69.6 Å². The van der Waals surface area contributed by atoms with Gasteiger partial charge in [-0.1, -0.05) is 31.3 Å². The van der Waals surface area contributed by atoms with Crippen LogP contribution in [0, 0.1) is 12.8 Å². The van der Waals surface area contributed by atoms with E-state index in [-0.39, 0.29) is 23.8 Å². The van der Waals surface area contributed by atoms with E-state index >= 15 is 0 Å². The van der Waals surface area contributed by atoms with Crippen LogP contribution in [0.15, 0.2) is 4.52 Å². The van der Waals surface area contributed by atoms with E-state index < -0.39 is 0 Å². The maximum atomic E-state index is 13.0. The van der Waals surface area contributed by atoms with Crippen molar-refractivity contribution in [1.29, 1.82) is 0 Å². The first kappa shape index (κ1) is 17.9. The molecule has 2 fully saturated rings. The summed E-state index contributed by atoms with van der Waals surface area (Å²) in [4.78, 5) is 33.5. The number of carbonyl (C=O) groups is 2. The summed E-state index contributed by atoms with van der Waals surface area (Å²) in [5.74, 6) is 1.41. The van der Waals surface area contributed by atoms with E-state index in [0.717, 1.165) is 32.1 Å². The molecule has 0 radical (unpaired) electrons. The molecule has 1 saturated heterocycles. The first-order valence-corrected chi connectivity index (χ1v) is 9.48. The molecule has 1 unspecified atom stereocenters. The Morgan fingerprint density at radius 3 is 2.56 bits per heavy atom. The van der Waals surface area contributed by atoms with Gasteiger partial charge in [-0.15, -0.1) is 0 Å². The molecule has 1 aromatic rings. The SMILES string of the molecule is CCC(=O)N1CCCN(C(=O)C2CCCCC2)CC1c1nc(C)no1. The van der Waals surface area contributed by atoms with Crippen LogP contribution in [0.2, 0.25) is 0 Å². The highest BCUT2D eigenvalue weighted by Gasteiger charge is 2.36. The third-order valence-electron chi connectivity index (χ3n) is 5.31. The Bertz CT molecular complexity index is 609. The average Bonchev–Trinajstić information content (AvgIpc) is 2.95. The minimum absolute atomic E-state index is 0.0628. The number of hydrogen-bond donors (Lipinski definition) is 0. The molecule has 3 rings (SSSR count). The van der Waals surface area contributed by atoms with Crippen molar-refractivity contribution in [3.63, 3.8) is 0 Å². The molecule has 1 aromatic heterocycles. The molecule has 0 bridgehead atoms. The third-order valence-corrected chi connectivity index (χ3v) is 5.31. The fourth-order valence-corrected chi connectivity index (χ4v) is 3.96. The first-order chi connectivity index (χ1) is 12.1. The van der Waals surface area contributed by atoms with Crippen LogP contribution in [0.4, 0.5) is 0 Å². The zero-order chi connectivity index (χ0) is 17.8. The molecule has 7 nitrogen and oxygen atoms in total. The van der Waals surface area contributed by atoms with E-state index in [2.05, 4.69) is 10.1 Å². The maximum Gasteiger partial charge on any atom is 0.251 e. The zero-order valence-corrected chi connectivity index (χ0v) is 15.2. The predicted molar refractivity (Wildman–Crippen MR) is 91.6 cm³/mol. The second-order valence-corrected chi connectivity index (χ2v) is 7.11. The summed E-state index contributed by atoms with van der Waals surface area (Å²) in [5.41, 5.74) is 0. The maximum absolute atomic E-state index is 13.0. The van der Waals surface area contributed by atoms with Crippen molar-refractivity contribution in [2.75, 3.05) is 19.6 Å². The highest BCUT2D eigenvalue weighted by atomic mass is 16.5. The number of carbonyl (C=O) groups excluding carboxylic acids is 2. The summed E-state index contributed by atoms with van der Waals surface area (Å²) < 4.78 is 5.36. The summed E-state index contributed by atoms with van der Waals surface area (Å²) in [5, 5.41) is 3.87. The van der Waals surface area contributed by atoms with Crippen LogP contribution < -0.4 is 0 Å². The van der Waals surface area contributed by atoms with Crippen molar-refractivity contribution >= 4 is 11.8 Å². The highest BCUT2D eigenvalue weighted by molar-refractivity contribution is 5.79. The van der Waals surface area contributed by atoms with E-state index in [4.69, 9.17) is 4.52 Å². The number of aryl methyl sites for hydroxylation is 1. The van der Waals surface area contributed by atoms with Crippen LogP contribution >= 0.6 is 0 Å². The van der Waals surface area contributed by atoms with Crippen molar-refractivity contribution in [3.05, 3.63) is 11.7 Å². The smallest absolute Gasteiger partial charge is 0.251 e. The molecule has 1 aliphatic carbocycles. The van der Waals surface area contributed by atoms with Crippen LogP contribution in [0.5, 0.6) is 0 Å². The lowest BCUT2D eigenvalue weighted by atomic mass is 9.88. The predicted octanol–water partition coefficient (Wildman–Crippen LogP) is 2.47. The van der Waals surface area contributed by atoms with Crippen molar-refractivity contribution in [1.82, 2.24) is 19.9 Å². The van der Waals surface area contributed by atoms with Crippen LogP contribution in [-0.4, -0.2) is 51.4 Å². The van der Waals surface area contributed by atoms with E-state index in [1.54, 1.807) is 11.8 Å². The topological polar surface area (TPSA) is 79.5 Å². The van der Waals surface area contributed by atoms with Crippen molar-refractivity contribution in [2.45, 2.75) is 64.8 Å². The molecular weight excluding hydrogens is 320 g/mol. The number of aromatic nitrogens is 2. The summed E-state index contributed by atoms with van der Waals surface area (Å²) in [6.07, 6.45) is 6.68. The minimum Gasteiger partial charge on any atom is -0.340 e. The van der Waals surface area contributed by atoms with Crippen LogP contribution in [0.3, 0.4) is 0 Å². The standard InChI is InChI=1S/C18H28N4O3/c1-3-16(23)22-11-7-10-21(18(24)14-8-5-4-6-9-14)12-15(22)17-19-13(2)20-25-17/h14-15H,3-12H2,1-2H3. The average molecular weight is 348 g/mol. The molecule has 7 heteroatoms. The summed E-state index contributed by atoms with van der Waals surface area (Å²) >= 11 is 0. The fourth-order valence-electron chi connectivity index (χ4n) is 3.96. The molecule has 0 N–H and O–H groups in total. The van der Waals surface area contributed by atoms with Gasteiger partial charge in [0.1, 0.15) is 6.04 Å². The fraction of sp³-hybridized carbons (Fsp3) is 0.778. The first-order valence-electron chi connectivity index (χ1n) is 9.48. The van der Waals surface area contributed by atoms with Gasteiger partial charge < -0.3 is 14.3 Å². The molecule has 2 aliphatic rings. The van der Waals surface area contributed by atoms with Gasteiger partial charge in [-0.2, -0.15) is 4.98 Å². The zero-order valence-electron chi connectivity index (χ0n) is 15.2. The van der Waals surface area contributed by atoms with Gasteiger partial charge in [-0.25, -0.2) is 0 Å². The largest absolute Gasteiger partial charge is 0.340 e. The van der Waals surface area contributed by atoms with Gasteiger partial charge >= 0.3 is 0 Å². The second kappa shape index (κ2) is 7.97. The number of nitrogens with zero attached hydrogens (tertiary/aromatic N) is 4. The number of rotatable bonds is 3. The van der Waals surface area contributed by atoms with Crippen molar-refractivity contribution < 1.29 is 14.1 Å². The van der Waals surface area contributed by atoms with E-state index in [0.29, 0.717) is 37.8 Å². The summed E-state index contributed by atoms with van der Waals surface area (Å²) in [6.45, 7) is 5.37. The molecular formula is C18H28N4O3. The van der Waals surface area contributed by atoms with Gasteiger partial charge in [-0.3, -0.25) is 9.59 Å². The van der Waals surface area contributed by atoms with Crippen molar-refractivity contribution in [3.8, 4) is 0 Å². The van der Waals surface area contributed by atoms with Gasteiger partial charge in [0.2, 0.25) is 11.8 Å². The van der Waals surface area contributed by atoms with E-state index in [1.165, 1.54) is 6.42 Å². The van der Waals surface area contributed by atoms with Gasteiger partial charge in [-0.05, 0) is 26.2 Å². The normalized spacial score (nSPS) is 22.7.